The smallest absolute Gasteiger partial charge is 0.216 e. The van der Waals surface area contributed by atoms with Gasteiger partial charge in [-0.05, 0) is 168 Å². The summed E-state index contributed by atoms with van der Waals surface area (Å²) < 4.78 is 34.6. The Kier molecular flexibility index (Phi) is 14.4. The molecule has 2 aliphatic carbocycles. The van der Waals surface area contributed by atoms with Crippen LogP contribution in [0.3, 0.4) is 0 Å². The molecule has 2 aliphatic rings. The minimum atomic E-state index is -2.41. The van der Waals surface area contributed by atoms with Crippen molar-refractivity contribution in [1.29, 1.82) is 0 Å². The number of nitrogens with zero attached hydrogens (tertiary/aromatic N) is 4. The van der Waals surface area contributed by atoms with Gasteiger partial charge in [0, 0.05) is 52.3 Å². The molecule has 14 rings (SSSR count). The van der Waals surface area contributed by atoms with Crippen LogP contribution in [0.1, 0.15) is 190 Å². The van der Waals surface area contributed by atoms with Gasteiger partial charge in [-0.1, -0.05) is 213 Å². The maximum absolute atomic E-state index is 8.55. The van der Waals surface area contributed by atoms with Crippen LogP contribution in [-0.4, -0.2) is 19.5 Å². The van der Waals surface area contributed by atoms with E-state index in [-0.39, 0.29) is 64.6 Å². The van der Waals surface area contributed by atoms with Crippen LogP contribution < -0.4 is 0 Å². The summed E-state index contributed by atoms with van der Waals surface area (Å²) in [6, 6.07) is 59.9. The van der Waals surface area contributed by atoms with E-state index in [9.17, 15) is 0 Å². The number of hydrogen-bond donors (Lipinski definition) is 0. The first kappa shape index (κ1) is 57.0. The molecule has 0 saturated carbocycles. The first-order chi connectivity index (χ1) is 42.5. The number of benzene rings is 8. The van der Waals surface area contributed by atoms with E-state index >= 15 is 0 Å². The first-order valence-corrected chi connectivity index (χ1v) is 31.6. The van der Waals surface area contributed by atoms with Crippen LogP contribution in [0.25, 0.3) is 105 Å². The van der Waals surface area contributed by atoms with Crippen molar-refractivity contribution >= 4 is 54.8 Å². The second kappa shape index (κ2) is 22.2. The fourth-order valence-corrected chi connectivity index (χ4v) is 14.4. The fraction of sp³-hybridized carbons (Fsp3) is 0.329. The Morgan fingerprint density at radius 2 is 1.23 bits per heavy atom. The molecule has 5 nitrogen and oxygen atoms in total. The molecular formula is C82H84IrN4O-2. The maximum atomic E-state index is 8.55. The number of para-hydroxylation sites is 2. The summed E-state index contributed by atoms with van der Waals surface area (Å²) >= 11 is 0. The number of hydrogen-bond acceptors (Lipinski definition) is 4. The van der Waals surface area contributed by atoms with E-state index in [1.807, 2.05) is 54.7 Å². The molecule has 449 valence electrons. The predicted octanol–water partition coefficient (Wildman–Crippen LogP) is 22.5. The summed E-state index contributed by atoms with van der Waals surface area (Å²) in [5.41, 5.74) is 23.1. The van der Waals surface area contributed by atoms with Crippen LogP contribution in [0.5, 0.6) is 0 Å². The average Bonchev–Trinajstić information content (AvgIpc) is 1.63. The van der Waals surface area contributed by atoms with Gasteiger partial charge in [-0.2, -0.15) is 0 Å². The molecule has 0 aliphatic heterocycles. The van der Waals surface area contributed by atoms with Crippen molar-refractivity contribution in [3.05, 3.63) is 214 Å². The first-order valence-electron chi connectivity index (χ1n) is 33.1. The molecule has 0 amide bonds. The van der Waals surface area contributed by atoms with Gasteiger partial charge in [0.05, 0.1) is 28.0 Å². The third kappa shape index (κ3) is 10.4. The molecule has 0 spiro atoms. The van der Waals surface area contributed by atoms with Crippen LogP contribution in [-0.2, 0) is 47.2 Å². The van der Waals surface area contributed by atoms with Crippen molar-refractivity contribution in [3.8, 4) is 50.6 Å². The van der Waals surface area contributed by atoms with E-state index in [0.717, 1.165) is 49.7 Å². The van der Waals surface area contributed by atoms with Gasteiger partial charge in [0.2, 0.25) is 5.71 Å². The Hall–Kier alpha value is -7.50. The van der Waals surface area contributed by atoms with Gasteiger partial charge in [-0.15, -0.1) is 53.1 Å². The van der Waals surface area contributed by atoms with Crippen molar-refractivity contribution in [2.24, 2.45) is 0 Å². The van der Waals surface area contributed by atoms with Crippen LogP contribution in [0, 0.1) is 19.0 Å². The standard InChI is InChI=1S/C45H36N3O.C37H48N.Ir/c1-26(2)35-24-32(29-13-7-6-8-14-29)25-36(27(3)4)42(35)48-39-18-12-11-17-38(39)46-44(48)34-22-19-28(5)40-37-23-31-21-20-30-15-9-10-16-33(30)41(31)47-45(37)49-43(34)40;1-33(2,3)26-15-20-38-29(22-26)24-13-12-14-25(21-24)30-31-27(34(4,5)16-18-36(31,8)9)23-28-32(30)37(10,11)19-17-35(28,6)7;/h6-21,23-27H,1-5H3;12,14-15,20-23H,16-19H2,1-11H3;/q2*-1;/i5D3;;. The molecule has 8 aromatic carbocycles. The summed E-state index contributed by atoms with van der Waals surface area (Å²) in [6.45, 7) is 33.0. The number of furan rings is 1. The summed E-state index contributed by atoms with van der Waals surface area (Å²) in [5.74, 6) is 1.00. The molecular weight excluding hydrogens is 1250 g/mol. The zero-order valence-corrected chi connectivity index (χ0v) is 56.4. The summed E-state index contributed by atoms with van der Waals surface area (Å²) in [5, 5.41) is 4.16. The van der Waals surface area contributed by atoms with Crippen LogP contribution in [0.2, 0.25) is 0 Å². The Balaban J connectivity index is 0.000000183. The Bertz CT molecular complexity index is 4740. The molecule has 0 fully saturated rings. The number of aromatic nitrogens is 4. The van der Waals surface area contributed by atoms with Crippen LogP contribution >= 0.6 is 0 Å². The van der Waals surface area contributed by atoms with Crippen LogP contribution in [0.15, 0.2) is 162 Å². The van der Waals surface area contributed by atoms with Gasteiger partial charge in [0.1, 0.15) is 0 Å². The summed E-state index contributed by atoms with van der Waals surface area (Å²) in [6.07, 6.45) is 6.84. The fourth-order valence-electron chi connectivity index (χ4n) is 14.4. The molecule has 0 saturated heterocycles. The molecule has 0 N–H and O–H groups in total. The Labute approximate surface area is 540 Å². The second-order valence-corrected chi connectivity index (χ2v) is 29.3. The second-order valence-electron chi connectivity index (χ2n) is 29.3. The number of pyridine rings is 2. The third-order valence-corrected chi connectivity index (χ3v) is 19.6. The van der Waals surface area contributed by atoms with E-state index in [0.29, 0.717) is 33.5 Å². The zero-order valence-electron chi connectivity index (χ0n) is 57.0. The number of imidazole rings is 1. The molecule has 6 heteroatoms. The number of rotatable bonds is 7. The van der Waals surface area contributed by atoms with Crippen molar-refractivity contribution in [2.75, 3.05) is 0 Å². The third-order valence-electron chi connectivity index (χ3n) is 19.6. The molecule has 0 unspecified atom stereocenters. The van der Waals surface area contributed by atoms with E-state index in [2.05, 4.69) is 218 Å². The van der Waals surface area contributed by atoms with Crippen molar-refractivity contribution in [2.45, 2.75) is 175 Å². The van der Waals surface area contributed by atoms with Gasteiger partial charge >= 0.3 is 0 Å². The largest absolute Gasteiger partial charge is 0.486 e. The van der Waals surface area contributed by atoms with Gasteiger partial charge in [-0.3, -0.25) is 4.98 Å². The van der Waals surface area contributed by atoms with Gasteiger partial charge in [0.25, 0.3) is 0 Å². The van der Waals surface area contributed by atoms with Crippen molar-refractivity contribution in [3.63, 3.8) is 0 Å². The minimum absolute atomic E-state index is 0. The zero-order chi connectivity index (χ0) is 63.8. The van der Waals surface area contributed by atoms with Crippen molar-refractivity contribution in [1.82, 2.24) is 19.5 Å². The molecule has 12 aromatic rings. The van der Waals surface area contributed by atoms with E-state index in [1.54, 1.807) is 28.3 Å². The summed E-state index contributed by atoms with van der Waals surface area (Å²) in [7, 11) is 0. The van der Waals surface area contributed by atoms with Gasteiger partial charge in [-0.25, -0.2) is 4.98 Å². The topological polar surface area (TPSA) is 56.7 Å². The minimum Gasteiger partial charge on any atom is -0.486 e. The summed E-state index contributed by atoms with van der Waals surface area (Å²) in [4.78, 5) is 15.1. The number of aryl methyl sites for hydroxylation is 1. The van der Waals surface area contributed by atoms with E-state index in [1.165, 1.54) is 64.6 Å². The van der Waals surface area contributed by atoms with E-state index in [4.69, 9.17) is 23.5 Å². The Morgan fingerprint density at radius 3 is 1.89 bits per heavy atom. The van der Waals surface area contributed by atoms with Gasteiger partial charge < -0.3 is 14.0 Å². The molecule has 0 atom stereocenters. The van der Waals surface area contributed by atoms with Crippen molar-refractivity contribution < 1.29 is 28.6 Å². The quantitative estimate of drug-likeness (QED) is 0.118. The Morgan fingerprint density at radius 1 is 0.602 bits per heavy atom. The number of fused-ring (bicyclic) bond motifs is 9. The molecule has 4 heterocycles. The molecule has 88 heavy (non-hydrogen) atoms. The molecule has 4 aromatic heterocycles. The monoisotopic (exact) mass is 1340 g/mol. The SMILES string of the molecule is CC(C)(C)c1ccnc(-c2[c-]ccc(-c3c4c(cc5c3C(C)(C)CCC5(C)C)C(C)(C)CCC4(C)C)c2)c1.[2H]C([2H])([2H])c1c[c-]c(-c2nc3ccccc3n2-c2c(C(C)C)cc(-c3ccccc3)cc2C(C)C)c2oc3nc4c(ccc5ccccc54)cc3c12.[Ir]. The molecule has 1 radical (unpaired) electrons. The molecule has 0 bridgehead atoms. The maximum Gasteiger partial charge on any atom is 0.216 e. The van der Waals surface area contributed by atoms with Gasteiger partial charge in [0.15, 0.2) is 0 Å². The normalized spacial score (nSPS) is 16.4. The van der Waals surface area contributed by atoms with E-state index < -0.39 is 6.85 Å². The van der Waals surface area contributed by atoms with Crippen LogP contribution in [0.4, 0.5) is 0 Å². The predicted molar refractivity (Wildman–Crippen MR) is 367 cm³/mol. The average molecular weight is 1340 g/mol.